The monoisotopic (exact) mass is 240 g/mol. The molecule has 3 aromatic rings. The SMILES string of the molecule is CC(Nc1cnc2ccccc2n1)c1ncn[nH]1. The van der Waals surface area contributed by atoms with Crippen LogP contribution >= 0.6 is 0 Å². The number of hydrogen-bond acceptors (Lipinski definition) is 5. The Bertz CT molecular complexity index is 648. The van der Waals surface area contributed by atoms with Gasteiger partial charge in [-0.1, -0.05) is 12.1 Å². The van der Waals surface area contributed by atoms with Crippen molar-refractivity contribution < 1.29 is 0 Å². The van der Waals surface area contributed by atoms with Gasteiger partial charge in [-0.05, 0) is 19.1 Å². The molecule has 3 rings (SSSR count). The van der Waals surface area contributed by atoms with Gasteiger partial charge in [-0.25, -0.2) is 9.97 Å². The zero-order valence-electron chi connectivity index (χ0n) is 9.83. The molecule has 1 atom stereocenters. The Hall–Kier alpha value is -2.50. The third-order valence-electron chi connectivity index (χ3n) is 2.66. The summed E-state index contributed by atoms with van der Waals surface area (Å²) >= 11 is 0. The van der Waals surface area contributed by atoms with Crippen molar-refractivity contribution in [3.8, 4) is 0 Å². The molecule has 0 saturated heterocycles. The average molecular weight is 240 g/mol. The molecule has 6 heteroatoms. The smallest absolute Gasteiger partial charge is 0.146 e. The van der Waals surface area contributed by atoms with E-state index < -0.39 is 0 Å². The lowest BCUT2D eigenvalue weighted by Gasteiger charge is -2.11. The van der Waals surface area contributed by atoms with Gasteiger partial charge in [0, 0.05) is 0 Å². The van der Waals surface area contributed by atoms with E-state index in [2.05, 4.69) is 30.5 Å². The molecule has 90 valence electrons. The molecular weight excluding hydrogens is 228 g/mol. The first kappa shape index (κ1) is 10.6. The van der Waals surface area contributed by atoms with Gasteiger partial charge in [-0.2, -0.15) is 5.10 Å². The fourth-order valence-corrected chi connectivity index (χ4v) is 1.74. The molecule has 6 nitrogen and oxygen atoms in total. The minimum absolute atomic E-state index is 0.00274. The highest BCUT2D eigenvalue weighted by atomic mass is 15.2. The van der Waals surface area contributed by atoms with Gasteiger partial charge in [-0.15, -0.1) is 0 Å². The first-order chi connectivity index (χ1) is 8.83. The van der Waals surface area contributed by atoms with Crippen molar-refractivity contribution in [3.63, 3.8) is 0 Å². The summed E-state index contributed by atoms with van der Waals surface area (Å²) in [4.78, 5) is 12.9. The lowest BCUT2D eigenvalue weighted by atomic mass is 10.3. The summed E-state index contributed by atoms with van der Waals surface area (Å²) in [6, 6.07) is 7.77. The van der Waals surface area contributed by atoms with E-state index in [0.29, 0.717) is 0 Å². The lowest BCUT2D eigenvalue weighted by Crippen LogP contribution is -2.10. The molecule has 0 aliphatic rings. The number of aromatic nitrogens is 5. The van der Waals surface area contributed by atoms with Crippen molar-refractivity contribution in [2.45, 2.75) is 13.0 Å². The summed E-state index contributed by atoms with van der Waals surface area (Å²) < 4.78 is 0. The number of para-hydroxylation sites is 2. The predicted molar refractivity (Wildman–Crippen MR) is 68.0 cm³/mol. The fraction of sp³-hybridized carbons (Fsp3) is 0.167. The predicted octanol–water partition coefficient (Wildman–Crippen LogP) is 1.92. The second-order valence-corrected chi connectivity index (χ2v) is 3.98. The summed E-state index contributed by atoms with van der Waals surface area (Å²) in [6.07, 6.45) is 3.20. The van der Waals surface area contributed by atoms with E-state index in [4.69, 9.17) is 0 Å². The zero-order valence-corrected chi connectivity index (χ0v) is 9.83. The summed E-state index contributed by atoms with van der Waals surface area (Å²) in [7, 11) is 0. The molecule has 0 aliphatic carbocycles. The Labute approximate surface area is 104 Å². The Balaban J connectivity index is 1.86. The van der Waals surface area contributed by atoms with E-state index in [1.807, 2.05) is 31.2 Å². The van der Waals surface area contributed by atoms with E-state index in [9.17, 15) is 0 Å². The second-order valence-electron chi connectivity index (χ2n) is 3.98. The van der Waals surface area contributed by atoms with Crippen molar-refractivity contribution in [2.75, 3.05) is 5.32 Å². The number of H-pyrrole nitrogens is 1. The minimum atomic E-state index is 0.00274. The van der Waals surface area contributed by atoms with Gasteiger partial charge in [0.05, 0.1) is 23.3 Å². The van der Waals surface area contributed by atoms with Gasteiger partial charge in [0.2, 0.25) is 0 Å². The lowest BCUT2D eigenvalue weighted by molar-refractivity contribution is 0.790. The Morgan fingerprint density at radius 1 is 1.17 bits per heavy atom. The molecule has 0 saturated carbocycles. The molecular formula is C12H12N6. The number of hydrogen-bond donors (Lipinski definition) is 2. The number of anilines is 1. The first-order valence-electron chi connectivity index (χ1n) is 5.66. The molecule has 0 radical (unpaired) electrons. The van der Waals surface area contributed by atoms with Crippen LogP contribution in [0.4, 0.5) is 5.82 Å². The maximum absolute atomic E-state index is 4.49. The molecule has 2 heterocycles. The van der Waals surface area contributed by atoms with Crippen LogP contribution in [0.3, 0.4) is 0 Å². The van der Waals surface area contributed by atoms with Crippen LogP contribution in [-0.2, 0) is 0 Å². The Morgan fingerprint density at radius 3 is 2.78 bits per heavy atom. The molecule has 0 spiro atoms. The Kier molecular flexibility index (Phi) is 2.60. The maximum Gasteiger partial charge on any atom is 0.146 e. The molecule has 1 aromatic carbocycles. The molecule has 0 amide bonds. The van der Waals surface area contributed by atoms with Crippen LogP contribution in [0.2, 0.25) is 0 Å². The van der Waals surface area contributed by atoms with Crippen molar-refractivity contribution >= 4 is 16.9 Å². The maximum atomic E-state index is 4.49. The van der Waals surface area contributed by atoms with Gasteiger partial charge >= 0.3 is 0 Å². The highest BCUT2D eigenvalue weighted by Gasteiger charge is 2.09. The number of rotatable bonds is 3. The number of fused-ring (bicyclic) bond motifs is 1. The minimum Gasteiger partial charge on any atom is -0.359 e. The molecule has 0 fully saturated rings. The van der Waals surface area contributed by atoms with Crippen molar-refractivity contribution in [1.82, 2.24) is 25.1 Å². The van der Waals surface area contributed by atoms with Gasteiger partial charge < -0.3 is 5.32 Å². The van der Waals surface area contributed by atoms with E-state index in [1.54, 1.807) is 6.20 Å². The normalized spacial score (nSPS) is 12.5. The molecule has 0 aliphatic heterocycles. The standard InChI is InChI=1S/C12H12N6/c1-8(12-14-7-15-18-12)16-11-6-13-9-4-2-3-5-10(9)17-11/h2-8H,1H3,(H,16,17)(H,14,15,18). The van der Waals surface area contributed by atoms with Crippen LogP contribution in [0.15, 0.2) is 36.8 Å². The van der Waals surface area contributed by atoms with Crippen LogP contribution in [0.5, 0.6) is 0 Å². The largest absolute Gasteiger partial charge is 0.359 e. The number of benzene rings is 1. The Morgan fingerprint density at radius 2 is 2.00 bits per heavy atom. The quantitative estimate of drug-likeness (QED) is 0.731. The highest BCUT2D eigenvalue weighted by molar-refractivity contribution is 5.75. The third-order valence-corrected chi connectivity index (χ3v) is 2.66. The summed E-state index contributed by atoms with van der Waals surface area (Å²) in [5.74, 6) is 1.49. The van der Waals surface area contributed by atoms with E-state index in [-0.39, 0.29) is 6.04 Å². The van der Waals surface area contributed by atoms with Gasteiger partial charge in [0.25, 0.3) is 0 Å². The van der Waals surface area contributed by atoms with E-state index >= 15 is 0 Å². The molecule has 1 unspecified atom stereocenters. The average Bonchev–Trinajstić information content (AvgIpc) is 2.92. The first-order valence-corrected chi connectivity index (χ1v) is 5.66. The van der Waals surface area contributed by atoms with Crippen molar-refractivity contribution in [1.29, 1.82) is 0 Å². The third kappa shape index (κ3) is 2.00. The number of aromatic amines is 1. The van der Waals surface area contributed by atoms with Crippen LogP contribution in [0.1, 0.15) is 18.8 Å². The summed E-state index contributed by atoms with van der Waals surface area (Å²) in [6.45, 7) is 1.98. The van der Waals surface area contributed by atoms with Crippen LogP contribution in [0, 0.1) is 0 Å². The molecule has 18 heavy (non-hydrogen) atoms. The fourth-order valence-electron chi connectivity index (χ4n) is 1.74. The molecule has 0 bridgehead atoms. The van der Waals surface area contributed by atoms with Gasteiger partial charge in [-0.3, -0.25) is 10.1 Å². The van der Waals surface area contributed by atoms with E-state index in [0.717, 1.165) is 22.7 Å². The number of nitrogens with zero attached hydrogens (tertiary/aromatic N) is 4. The van der Waals surface area contributed by atoms with Crippen LogP contribution in [0.25, 0.3) is 11.0 Å². The van der Waals surface area contributed by atoms with Crippen molar-refractivity contribution in [2.24, 2.45) is 0 Å². The molecule has 2 N–H and O–H groups in total. The summed E-state index contributed by atoms with van der Waals surface area (Å²) in [5.41, 5.74) is 1.75. The molecule has 2 aromatic heterocycles. The van der Waals surface area contributed by atoms with E-state index in [1.165, 1.54) is 6.33 Å². The van der Waals surface area contributed by atoms with Crippen molar-refractivity contribution in [3.05, 3.63) is 42.6 Å². The second kappa shape index (κ2) is 4.40. The zero-order chi connectivity index (χ0) is 12.4. The number of nitrogens with one attached hydrogen (secondary N) is 2. The summed E-state index contributed by atoms with van der Waals surface area (Å²) in [5, 5.41) is 9.87. The highest BCUT2D eigenvalue weighted by Crippen LogP contribution is 2.16. The van der Waals surface area contributed by atoms with Crippen LogP contribution in [-0.4, -0.2) is 25.1 Å². The topological polar surface area (TPSA) is 79.4 Å². The van der Waals surface area contributed by atoms with Crippen LogP contribution < -0.4 is 5.32 Å². The van der Waals surface area contributed by atoms with Gasteiger partial charge in [0.1, 0.15) is 18.0 Å². The van der Waals surface area contributed by atoms with Gasteiger partial charge in [0.15, 0.2) is 0 Å².